The van der Waals surface area contributed by atoms with Crippen molar-refractivity contribution in [3.05, 3.63) is 34.7 Å². The minimum Gasteiger partial charge on any atom is -0.423 e. The Morgan fingerprint density at radius 1 is 1.00 bits per heavy atom. The largest absolute Gasteiger partial charge is 0.423 e. The SMILES string of the molecule is O=c1n(O)c2ccccc2n1O. The maximum atomic E-state index is 10.9. The Labute approximate surface area is 66.6 Å². The zero-order valence-electron chi connectivity index (χ0n) is 6.01. The fraction of sp³-hybridized carbons (Fsp3) is 0. The van der Waals surface area contributed by atoms with Crippen LogP contribution in [0.5, 0.6) is 0 Å². The molecule has 1 aromatic heterocycles. The first kappa shape index (κ1) is 6.78. The lowest BCUT2D eigenvalue weighted by molar-refractivity contribution is 0.138. The average Bonchev–Trinajstić information content (AvgIpc) is 2.33. The third-order valence-corrected chi connectivity index (χ3v) is 1.70. The second kappa shape index (κ2) is 2.04. The van der Waals surface area contributed by atoms with E-state index in [1.54, 1.807) is 12.1 Å². The highest BCUT2D eigenvalue weighted by Gasteiger charge is 2.09. The van der Waals surface area contributed by atoms with Gasteiger partial charge in [0.25, 0.3) is 0 Å². The monoisotopic (exact) mass is 166 g/mol. The summed E-state index contributed by atoms with van der Waals surface area (Å²) in [7, 11) is 0. The number of rotatable bonds is 0. The van der Waals surface area contributed by atoms with Gasteiger partial charge in [0.1, 0.15) is 11.0 Å². The van der Waals surface area contributed by atoms with Crippen molar-refractivity contribution >= 4 is 11.0 Å². The van der Waals surface area contributed by atoms with Crippen molar-refractivity contribution in [1.82, 2.24) is 9.46 Å². The van der Waals surface area contributed by atoms with Crippen molar-refractivity contribution in [1.29, 1.82) is 0 Å². The third-order valence-electron chi connectivity index (χ3n) is 1.70. The van der Waals surface area contributed by atoms with E-state index in [1.807, 2.05) is 0 Å². The van der Waals surface area contributed by atoms with E-state index in [-0.39, 0.29) is 11.0 Å². The van der Waals surface area contributed by atoms with Crippen molar-refractivity contribution in [2.45, 2.75) is 0 Å². The summed E-state index contributed by atoms with van der Waals surface area (Å²) in [4.78, 5) is 10.9. The summed E-state index contributed by atoms with van der Waals surface area (Å²) in [5.74, 6) is 0. The topological polar surface area (TPSA) is 67.4 Å². The summed E-state index contributed by atoms with van der Waals surface area (Å²) in [6.45, 7) is 0. The summed E-state index contributed by atoms with van der Waals surface area (Å²) in [6.07, 6.45) is 0. The second-order valence-electron chi connectivity index (χ2n) is 2.39. The van der Waals surface area contributed by atoms with Gasteiger partial charge in [-0.05, 0) is 12.1 Å². The van der Waals surface area contributed by atoms with Crippen LogP contribution >= 0.6 is 0 Å². The van der Waals surface area contributed by atoms with Gasteiger partial charge >= 0.3 is 5.69 Å². The van der Waals surface area contributed by atoms with E-state index in [0.29, 0.717) is 9.46 Å². The first-order chi connectivity index (χ1) is 5.72. The van der Waals surface area contributed by atoms with E-state index in [2.05, 4.69) is 0 Å². The van der Waals surface area contributed by atoms with Crippen LogP contribution in [0.1, 0.15) is 0 Å². The molecular formula is C7H6N2O3. The zero-order valence-corrected chi connectivity index (χ0v) is 6.01. The van der Waals surface area contributed by atoms with E-state index >= 15 is 0 Å². The van der Waals surface area contributed by atoms with Gasteiger partial charge in [0.2, 0.25) is 0 Å². The molecule has 0 aliphatic rings. The molecule has 2 aromatic rings. The van der Waals surface area contributed by atoms with Crippen LogP contribution in [0, 0.1) is 0 Å². The molecule has 2 rings (SSSR count). The van der Waals surface area contributed by atoms with Gasteiger partial charge in [-0.15, -0.1) is 9.46 Å². The van der Waals surface area contributed by atoms with Gasteiger partial charge in [-0.1, -0.05) is 12.1 Å². The normalized spacial score (nSPS) is 10.7. The second-order valence-corrected chi connectivity index (χ2v) is 2.39. The summed E-state index contributed by atoms with van der Waals surface area (Å²) in [6, 6.07) is 6.38. The van der Waals surface area contributed by atoms with Crippen LogP contribution in [0.2, 0.25) is 0 Å². The number of imidazole rings is 1. The standard InChI is InChI=1S/C7H6N2O3/c10-7-8(11)5-3-1-2-4-6(5)9(7)12/h1-4,11-12H. The quantitative estimate of drug-likeness (QED) is 0.552. The summed E-state index contributed by atoms with van der Waals surface area (Å²) >= 11 is 0. The van der Waals surface area contributed by atoms with Crippen molar-refractivity contribution in [3.63, 3.8) is 0 Å². The molecule has 0 unspecified atom stereocenters. The minimum atomic E-state index is -0.865. The molecule has 2 N–H and O–H groups in total. The Morgan fingerprint density at radius 2 is 1.42 bits per heavy atom. The molecule has 0 atom stereocenters. The Bertz CT molecular complexity index is 441. The number of nitrogens with zero attached hydrogens (tertiary/aromatic N) is 2. The van der Waals surface area contributed by atoms with Crippen molar-refractivity contribution in [3.8, 4) is 0 Å². The van der Waals surface area contributed by atoms with E-state index in [4.69, 9.17) is 10.4 Å². The summed E-state index contributed by atoms with van der Waals surface area (Å²) in [5.41, 5.74) is -0.300. The summed E-state index contributed by atoms with van der Waals surface area (Å²) in [5, 5.41) is 18.2. The first-order valence-corrected chi connectivity index (χ1v) is 3.33. The van der Waals surface area contributed by atoms with Crippen molar-refractivity contribution in [2.24, 2.45) is 0 Å². The van der Waals surface area contributed by atoms with Crippen LogP contribution in [0.15, 0.2) is 29.1 Å². The van der Waals surface area contributed by atoms with Gasteiger partial charge < -0.3 is 10.4 Å². The average molecular weight is 166 g/mol. The molecule has 0 fully saturated rings. The smallest absolute Gasteiger partial charge is 0.394 e. The van der Waals surface area contributed by atoms with Gasteiger partial charge in [-0.25, -0.2) is 4.79 Å². The lowest BCUT2D eigenvalue weighted by Gasteiger charge is -1.88. The number of fused-ring (bicyclic) bond motifs is 1. The molecule has 5 nitrogen and oxygen atoms in total. The first-order valence-electron chi connectivity index (χ1n) is 3.33. The van der Waals surface area contributed by atoms with Crippen LogP contribution in [-0.4, -0.2) is 19.9 Å². The molecule has 1 aromatic carbocycles. The van der Waals surface area contributed by atoms with Crippen LogP contribution in [0.3, 0.4) is 0 Å². The van der Waals surface area contributed by atoms with Gasteiger partial charge in [0.15, 0.2) is 0 Å². The molecule has 12 heavy (non-hydrogen) atoms. The molecule has 62 valence electrons. The van der Waals surface area contributed by atoms with Crippen molar-refractivity contribution in [2.75, 3.05) is 0 Å². The zero-order chi connectivity index (χ0) is 8.72. The lowest BCUT2D eigenvalue weighted by atomic mass is 10.3. The molecule has 0 amide bonds. The van der Waals surface area contributed by atoms with Gasteiger partial charge in [0, 0.05) is 0 Å². The van der Waals surface area contributed by atoms with E-state index in [1.165, 1.54) is 12.1 Å². The highest BCUT2D eigenvalue weighted by molar-refractivity contribution is 5.74. The van der Waals surface area contributed by atoms with Gasteiger partial charge in [0.05, 0.1) is 0 Å². The molecule has 5 heteroatoms. The fourth-order valence-corrected chi connectivity index (χ4v) is 1.12. The highest BCUT2D eigenvalue weighted by Crippen LogP contribution is 2.08. The molecule has 0 saturated heterocycles. The van der Waals surface area contributed by atoms with Gasteiger partial charge in [-0.3, -0.25) is 0 Å². The van der Waals surface area contributed by atoms with E-state index < -0.39 is 5.69 Å². The predicted molar refractivity (Wildman–Crippen MR) is 40.6 cm³/mol. The highest BCUT2D eigenvalue weighted by atomic mass is 16.5. The third kappa shape index (κ3) is 0.646. The maximum absolute atomic E-state index is 10.9. The molecular weight excluding hydrogens is 160 g/mol. The molecule has 0 aliphatic heterocycles. The number of hydrogen-bond donors (Lipinski definition) is 2. The minimum absolute atomic E-state index is 0.282. The van der Waals surface area contributed by atoms with E-state index in [0.717, 1.165) is 0 Å². The Balaban J connectivity index is 3.09. The summed E-state index contributed by atoms with van der Waals surface area (Å²) < 4.78 is 0.796. The molecule has 0 bridgehead atoms. The number of para-hydroxylation sites is 2. The van der Waals surface area contributed by atoms with Crippen LogP contribution < -0.4 is 5.69 Å². The molecule has 0 saturated carbocycles. The lowest BCUT2D eigenvalue weighted by Crippen LogP contribution is -2.20. The Hall–Kier alpha value is -1.91. The predicted octanol–water partition coefficient (Wildman–Crippen LogP) is 0.278. The fourth-order valence-electron chi connectivity index (χ4n) is 1.12. The van der Waals surface area contributed by atoms with Crippen LogP contribution in [0.25, 0.3) is 11.0 Å². The van der Waals surface area contributed by atoms with Gasteiger partial charge in [-0.2, -0.15) is 0 Å². The van der Waals surface area contributed by atoms with Crippen LogP contribution in [0.4, 0.5) is 0 Å². The van der Waals surface area contributed by atoms with Crippen LogP contribution in [-0.2, 0) is 0 Å². The molecule has 0 spiro atoms. The van der Waals surface area contributed by atoms with Crippen molar-refractivity contribution < 1.29 is 10.4 Å². The maximum Gasteiger partial charge on any atom is 0.394 e. The Kier molecular flexibility index (Phi) is 1.15. The number of aromatic nitrogens is 2. The Morgan fingerprint density at radius 3 is 1.83 bits per heavy atom. The molecule has 0 aliphatic carbocycles. The number of benzene rings is 1. The molecule has 1 heterocycles. The molecule has 0 radical (unpaired) electrons. The van der Waals surface area contributed by atoms with E-state index in [9.17, 15) is 4.79 Å². The number of hydrogen-bond acceptors (Lipinski definition) is 3.